The van der Waals surface area contributed by atoms with E-state index < -0.39 is 0 Å². The van der Waals surface area contributed by atoms with Crippen molar-refractivity contribution in [3.63, 3.8) is 0 Å². The average Bonchev–Trinajstić information content (AvgIpc) is 2.85. The second-order valence-electron chi connectivity index (χ2n) is 7.15. The summed E-state index contributed by atoms with van der Waals surface area (Å²) in [5.74, 6) is 2.01. The molecule has 1 atom stereocenters. The fourth-order valence-electron chi connectivity index (χ4n) is 3.08. The molecule has 0 spiro atoms. The standard InChI is InChI=1S/C23H28BrN5O2.CO2/c1-3-18(15-30)27-22-20(24)14-26-23(29-22)28-19-9-6-7-16(11-19)12-25-13-17-8-4-5-10-21(17)31-2;2-1-3/h4-11,14,18,25,30H,3,12-13,15H2,1-2H3,(H2,26,27,28,29);. The molecule has 9 nitrogen and oxygen atoms in total. The maximum atomic E-state index is 9.44. The predicted molar refractivity (Wildman–Crippen MR) is 133 cm³/mol. The number of methoxy groups -OCH3 is 1. The van der Waals surface area contributed by atoms with Crippen LogP contribution in [-0.4, -0.2) is 41.0 Å². The van der Waals surface area contributed by atoms with Crippen LogP contribution in [-0.2, 0) is 22.7 Å². The summed E-state index contributed by atoms with van der Waals surface area (Å²) in [5.41, 5.74) is 3.16. The smallest absolute Gasteiger partial charge is 0.373 e. The number of ether oxygens (including phenoxy) is 1. The third kappa shape index (κ3) is 8.57. The van der Waals surface area contributed by atoms with Crippen molar-refractivity contribution in [2.45, 2.75) is 32.5 Å². The molecule has 1 unspecified atom stereocenters. The second-order valence-corrected chi connectivity index (χ2v) is 8.00. The normalized spacial score (nSPS) is 10.9. The molecule has 0 amide bonds. The van der Waals surface area contributed by atoms with Crippen LogP contribution in [0.4, 0.5) is 17.5 Å². The van der Waals surface area contributed by atoms with Gasteiger partial charge in [0, 0.05) is 30.5 Å². The van der Waals surface area contributed by atoms with Crippen LogP contribution in [0.25, 0.3) is 0 Å². The molecule has 1 aromatic heterocycles. The van der Waals surface area contributed by atoms with E-state index in [0.29, 0.717) is 11.8 Å². The van der Waals surface area contributed by atoms with Crippen LogP contribution < -0.4 is 20.7 Å². The molecule has 0 aliphatic carbocycles. The quantitative estimate of drug-likeness (QED) is 0.292. The zero-order valence-corrected chi connectivity index (χ0v) is 20.6. The summed E-state index contributed by atoms with van der Waals surface area (Å²) in [7, 11) is 1.69. The number of nitrogens with zero attached hydrogens (tertiary/aromatic N) is 2. The van der Waals surface area contributed by atoms with E-state index in [9.17, 15) is 5.11 Å². The Morgan fingerprint density at radius 1 is 1.15 bits per heavy atom. The lowest BCUT2D eigenvalue weighted by Crippen LogP contribution is -2.23. The minimum atomic E-state index is -0.0586. The van der Waals surface area contributed by atoms with Crippen LogP contribution in [0, 0.1) is 0 Å². The number of anilines is 3. The maximum Gasteiger partial charge on any atom is 0.373 e. The van der Waals surface area contributed by atoms with E-state index in [4.69, 9.17) is 14.3 Å². The highest BCUT2D eigenvalue weighted by atomic mass is 79.9. The molecule has 0 aliphatic rings. The van der Waals surface area contributed by atoms with Gasteiger partial charge in [0.1, 0.15) is 11.6 Å². The van der Waals surface area contributed by atoms with E-state index in [1.807, 2.05) is 37.3 Å². The van der Waals surface area contributed by atoms with Gasteiger partial charge in [0.05, 0.1) is 24.2 Å². The molecule has 1 heterocycles. The third-order valence-electron chi connectivity index (χ3n) is 4.82. The van der Waals surface area contributed by atoms with Crippen LogP contribution in [0.1, 0.15) is 24.5 Å². The summed E-state index contributed by atoms with van der Waals surface area (Å²) in [6.45, 7) is 3.49. The minimum Gasteiger partial charge on any atom is -0.496 e. The number of nitrogens with one attached hydrogen (secondary N) is 3. The van der Waals surface area contributed by atoms with Gasteiger partial charge in [0.15, 0.2) is 0 Å². The molecule has 0 saturated heterocycles. The number of halogens is 1. The lowest BCUT2D eigenvalue weighted by atomic mass is 10.1. The first kappa shape index (κ1) is 26.9. The summed E-state index contributed by atoms with van der Waals surface area (Å²) in [6.07, 6.45) is 2.74. The number of carbonyl (C=O) groups excluding carboxylic acids is 2. The predicted octanol–water partition coefficient (Wildman–Crippen LogP) is 3.88. The van der Waals surface area contributed by atoms with Crippen molar-refractivity contribution in [1.29, 1.82) is 0 Å². The Morgan fingerprint density at radius 2 is 1.91 bits per heavy atom. The average molecular weight is 530 g/mol. The van der Waals surface area contributed by atoms with Crippen LogP contribution >= 0.6 is 15.9 Å². The van der Waals surface area contributed by atoms with E-state index in [-0.39, 0.29) is 18.8 Å². The highest BCUT2D eigenvalue weighted by molar-refractivity contribution is 9.10. The number of aliphatic hydroxyl groups excluding tert-OH is 1. The van der Waals surface area contributed by atoms with Gasteiger partial charge >= 0.3 is 6.15 Å². The summed E-state index contributed by atoms with van der Waals surface area (Å²) in [4.78, 5) is 25.1. The topological polar surface area (TPSA) is 125 Å². The molecule has 0 fully saturated rings. The molecule has 2 aromatic carbocycles. The second kappa shape index (κ2) is 14.8. The Balaban J connectivity index is 0.00000129. The van der Waals surface area contributed by atoms with Crippen molar-refractivity contribution in [3.8, 4) is 5.75 Å². The highest BCUT2D eigenvalue weighted by Crippen LogP contribution is 2.23. The van der Waals surface area contributed by atoms with Crippen molar-refractivity contribution in [2.75, 3.05) is 24.4 Å². The first-order chi connectivity index (χ1) is 16.5. The van der Waals surface area contributed by atoms with Crippen molar-refractivity contribution in [1.82, 2.24) is 15.3 Å². The number of hydrogen-bond acceptors (Lipinski definition) is 9. The van der Waals surface area contributed by atoms with Crippen LogP contribution in [0.2, 0.25) is 0 Å². The van der Waals surface area contributed by atoms with E-state index in [0.717, 1.165) is 46.5 Å². The maximum absolute atomic E-state index is 9.44. The van der Waals surface area contributed by atoms with E-state index in [1.54, 1.807) is 13.3 Å². The summed E-state index contributed by atoms with van der Waals surface area (Å²) in [6, 6.07) is 16.1. The first-order valence-electron chi connectivity index (χ1n) is 10.6. The largest absolute Gasteiger partial charge is 0.496 e. The Kier molecular flexibility index (Phi) is 11.7. The fourth-order valence-corrected chi connectivity index (χ4v) is 3.38. The van der Waals surface area contributed by atoms with Crippen molar-refractivity contribution >= 4 is 39.5 Å². The molecule has 0 saturated carbocycles. The molecule has 3 aromatic rings. The molecular weight excluding hydrogens is 502 g/mol. The highest BCUT2D eigenvalue weighted by Gasteiger charge is 2.10. The van der Waals surface area contributed by atoms with Gasteiger partial charge in [-0.05, 0) is 46.1 Å². The Hall–Kier alpha value is -3.30. The van der Waals surface area contributed by atoms with Gasteiger partial charge in [-0.25, -0.2) is 4.98 Å². The number of hydrogen-bond donors (Lipinski definition) is 4. The van der Waals surface area contributed by atoms with Crippen LogP contribution in [0.3, 0.4) is 0 Å². The number of para-hydroxylation sites is 1. The Morgan fingerprint density at radius 3 is 2.62 bits per heavy atom. The molecule has 0 bridgehead atoms. The van der Waals surface area contributed by atoms with E-state index >= 15 is 0 Å². The lowest BCUT2D eigenvalue weighted by Gasteiger charge is -2.16. The van der Waals surface area contributed by atoms with Gasteiger partial charge in [-0.15, -0.1) is 0 Å². The first-order valence-corrected chi connectivity index (χ1v) is 11.4. The zero-order chi connectivity index (χ0) is 24.8. The van der Waals surface area contributed by atoms with Gasteiger partial charge in [-0.2, -0.15) is 14.6 Å². The Bertz CT molecular complexity index is 1070. The number of benzene rings is 2. The Labute approximate surface area is 207 Å². The van der Waals surface area contributed by atoms with Crippen LogP contribution in [0.15, 0.2) is 59.2 Å². The van der Waals surface area contributed by atoms with Crippen molar-refractivity contribution in [3.05, 3.63) is 70.3 Å². The summed E-state index contributed by atoms with van der Waals surface area (Å²) < 4.78 is 6.15. The minimum absolute atomic E-state index is 0.0413. The molecular formula is C24H28BrN5O4. The van der Waals surface area contributed by atoms with E-state index in [1.165, 1.54) is 0 Å². The van der Waals surface area contributed by atoms with Crippen molar-refractivity contribution in [2.24, 2.45) is 0 Å². The SMILES string of the molecule is CCC(CO)Nc1nc(Nc2cccc(CNCc3ccccc3OC)c2)ncc1Br.O=C=O. The molecule has 180 valence electrons. The number of rotatable bonds is 11. The number of aromatic nitrogens is 2. The summed E-state index contributed by atoms with van der Waals surface area (Å²) >= 11 is 3.46. The monoisotopic (exact) mass is 529 g/mol. The molecule has 0 radical (unpaired) electrons. The molecule has 10 heteroatoms. The molecule has 3 rings (SSSR count). The summed E-state index contributed by atoms with van der Waals surface area (Å²) in [5, 5.41) is 19.4. The lowest BCUT2D eigenvalue weighted by molar-refractivity contribution is -0.191. The molecule has 34 heavy (non-hydrogen) atoms. The third-order valence-corrected chi connectivity index (χ3v) is 5.40. The number of aliphatic hydroxyl groups is 1. The van der Waals surface area contributed by atoms with Gasteiger partial charge in [0.2, 0.25) is 5.95 Å². The van der Waals surface area contributed by atoms with Crippen LogP contribution in [0.5, 0.6) is 5.75 Å². The van der Waals surface area contributed by atoms with Crippen molar-refractivity contribution < 1.29 is 19.4 Å². The molecule has 0 aliphatic heterocycles. The zero-order valence-electron chi connectivity index (χ0n) is 19.0. The fraction of sp³-hybridized carbons (Fsp3) is 0.292. The van der Waals surface area contributed by atoms with Gasteiger partial charge in [-0.1, -0.05) is 37.3 Å². The van der Waals surface area contributed by atoms with Gasteiger partial charge < -0.3 is 25.8 Å². The van der Waals surface area contributed by atoms with Gasteiger partial charge in [-0.3, -0.25) is 0 Å². The van der Waals surface area contributed by atoms with E-state index in [2.05, 4.69) is 60.0 Å². The van der Waals surface area contributed by atoms with Gasteiger partial charge in [0.25, 0.3) is 0 Å². The molecule has 4 N–H and O–H groups in total.